The normalized spacial score (nSPS) is 30.7. The van der Waals surface area contributed by atoms with Gasteiger partial charge in [-0.25, -0.2) is 0 Å². The maximum Gasteiger partial charge on any atom is 0.291 e. The summed E-state index contributed by atoms with van der Waals surface area (Å²) in [5.74, 6) is -3.32. The molecule has 0 bridgehead atoms. The van der Waals surface area contributed by atoms with Crippen molar-refractivity contribution in [3.8, 4) is 0 Å². The zero-order valence-electron chi connectivity index (χ0n) is 15.4. The van der Waals surface area contributed by atoms with Gasteiger partial charge in [0.1, 0.15) is 17.9 Å². The van der Waals surface area contributed by atoms with E-state index in [1.165, 1.54) is 4.90 Å². The van der Waals surface area contributed by atoms with Gasteiger partial charge in [-0.05, 0) is 18.6 Å². The van der Waals surface area contributed by atoms with Gasteiger partial charge in [-0.2, -0.15) is 0 Å². The number of fused-ring (bicyclic) bond motifs is 4. The Kier molecular flexibility index (Phi) is 4.43. The largest absolute Gasteiger partial charge is 0.369 e. The molecule has 9 heteroatoms. The Morgan fingerprint density at radius 3 is 2.75 bits per heavy atom. The maximum atomic E-state index is 13.3. The highest BCUT2D eigenvalue weighted by atomic mass is 35.5. The van der Waals surface area contributed by atoms with Crippen LogP contribution in [-0.2, 0) is 24.7 Å². The molecule has 148 valence electrons. The number of carbonyl (C=O) groups excluding carboxylic acids is 4. The van der Waals surface area contributed by atoms with Crippen molar-refractivity contribution >= 4 is 40.9 Å². The molecular formula is C19H22ClN4O4+. The van der Waals surface area contributed by atoms with E-state index in [2.05, 4.69) is 5.32 Å². The number of para-hydroxylation sites is 1. The number of likely N-dealkylation sites (tertiary alicyclic amines) is 1. The summed E-state index contributed by atoms with van der Waals surface area (Å²) in [6.07, 6.45) is 1.42. The molecule has 4 rings (SSSR count). The third-order valence-corrected chi connectivity index (χ3v) is 6.43. The van der Waals surface area contributed by atoms with E-state index < -0.39 is 35.2 Å². The van der Waals surface area contributed by atoms with Crippen LogP contribution in [0.25, 0.3) is 0 Å². The minimum Gasteiger partial charge on any atom is -0.369 e. The van der Waals surface area contributed by atoms with Crippen molar-refractivity contribution in [2.24, 2.45) is 17.6 Å². The molecule has 3 aliphatic heterocycles. The molecule has 2 fully saturated rings. The summed E-state index contributed by atoms with van der Waals surface area (Å²) in [6, 6.07) is 4.53. The second-order valence-electron chi connectivity index (χ2n) is 7.67. The van der Waals surface area contributed by atoms with Crippen LogP contribution in [0.5, 0.6) is 0 Å². The van der Waals surface area contributed by atoms with Gasteiger partial charge in [-0.15, -0.1) is 0 Å². The van der Waals surface area contributed by atoms with E-state index in [1.807, 2.05) is 6.92 Å². The third kappa shape index (κ3) is 2.41. The summed E-state index contributed by atoms with van der Waals surface area (Å²) >= 11 is 6.26. The molecule has 5 N–H and O–H groups in total. The first-order valence-electron chi connectivity index (χ1n) is 9.43. The second-order valence-corrected chi connectivity index (χ2v) is 8.08. The maximum absolute atomic E-state index is 13.3. The number of carbonyl (C=O) groups is 4. The molecule has 8 nitrogen and oxygen atoms in total. The number of hydrogen-bond acceptors (Lipinski definition) is 4. The average Bonchev–Trinajstić information content (AvgIpc) is 3.20. The van der Waals surface area contributed by atoms with Crippen molar-refractivity contribution in [1.29, 1.82) is 0 Å². The quantitative estimate of drug-likeness (QED) is 0.582. The summed E-state index contributed by atoms with van der Waals surface area (Å²) in [6.45, 7) is 2.28. The van der Waals surface area contributed by atoms with Crippen LogP contribution >= 0.6 is 11.6 Å². The van der Waals surface area contributed by atoms with E-state index in [1.54, 1.807) is 23.5 Å². The van der Waals surface area contributed by atoms with Crippen LogP contribution in [0.2, 0.25) is 5.02 Å². The number of nitrogens with one attached hydrogen (secondary N) is 1. The number of benzene rings is 1. The topological polar surface area (TPSA) is 126 Å². The van der Waals surface area contributed by atoms with Crippen molar-refractivity contribution in [2.75, 3.05) is 11.9 Å². The zero-order valence-corrected chi connectivity index (χ0v) is 16.2. The highest BCUT2D eigenvalue weighted by Gasteiger charge is 2.74. The van der Waals surface area contributed by atoms with Gasteiger partial charge in [0.05, 0.1) is 17.1 Å². The van der Waals surface area contributed by atoms with Crippen molar-refractivity contribution in [2.45, 2.75) is 37.8 Å². The number of anilines is 1. The predicted octanol–water partition coefficient (Wildman–Crippen LogP) is -0.290. The van der Waals surface area contributed by atoms with Gasteiger partial charge < -0.3 is 16.4 Å². The molecule has 1 aromatic carbocycles. The van der Waals surface area contributed by atoms with E-state index in [9.17, 15) is 19.2 Å². The van der Waals surface area contributed by atoms with E-state index in [-0.39, 0.29) is 18.2 Å². The van der Waals surface area contributed by atoms with Crippen LogP contribution in [0.3, 0.4) is 0 Å². The number of halogens is 1. The van der Waals surface area contributed by atoms with Crippen molar-refractivity contribution in [1.82, 2.24) is 4.90 Å². The molecule has 4 atom stereocenters. The van der Waals surface area contributed by atoms with E-state index in [4.69, 9.17) is 17.3 Å². The lowest BCUT2D eigenvalue weighted by atomic mass is 9.76. The lowest BCUT2D eigenvalue weighted by Gasteiger charge is -2.26. The number of rotatable bonds is 5. The fraction of sp³-hybridized carbons (Fsp3) is 0.474. The summed E-state index contributed by atoms with van der Waals surface area (Å²) in [4.78, 5) is 52.4. The molecule has 3 aliphatic rings. The van der Waals surface area contributed by atoms with E-state index in [0.717, 1.165) is 6.42 Å². The lowest BCUT2D eigenvalue weighted by molar-refractivity contribution is -0.732. The summed E-state index contributed by atoms with van der Waals surface area (Å²) in [5, 5.41) is 4.82. The van der Waals surface area contributed by atoms with Crippen molar-refractivity contribution in [3.63, 3.8) is 0 Å². The molecular weight excluding hydrogens is 384 g/mol. The number of unbranched alkanes of at least 4 members (excludes halogenated alkanes) is 1. The monoisotopic (exact) mass is 405 g/mol. The number of imide groups is 1. The van der Waals surface area contributed by atoms with Gasteiger partial charge in [0.2, 0.25) is 23.3 Å². The Balaban J connectivity index is 1.85. The molecule has 3 heterocycles. The number of nitrogens with two attached hydrogens (primary N) is 2. The second kappa shape index (κ2) is 6.56. The molecule has 0 aliphatic carbocycles. The van der Waals surface area contributed by atoms with E-state index in [0.29, 0.717) is 29.2 Å². The minimum atomic E-state index is -1.32. The minimum absolute atomic E-state index is 0.0905. The summed E-state index contributed by atoms with van der Waals surface area (Å²) < 4.78 is 0. The Hall–Kier alpha value is -2.45. The highest BCUT2D eigenvalue weighted by Crippen LogP contribution is 2.50. The van der Waals surface area contributed by atoms with Gasteiger partial charge in [-0.3, -0.25) is 24.1 Å². The van der Waals surface area contributed by atoms with Crippen molar-refractivity contribution in [3.05, 3.63) is 28.8 Å². The average molecular weight is 406 g/mol. The standard InChI is InChI=1S/C19H21ClN4O4/c1-2-3-7-24-16(26)13-11(8-12(21)25)23-19(14(13)17(24)27)9-5-4-6-10(20)15(9)22-18(19)28/h4-6,11,13-14,23H,2-3,7-8H2,1H3,(H2,21,25)(H,22,28)/p+1/t11-,13-,14+,19-/m1/s1. The molecule has 28 heavy (non-hydrogen) atoms. The molecule has 0 saturated carbocycles. The molecule has 0 radical (unpaired) electrons. The molecule has 0 aromatic heterocycles. The Bertz CT molecular complexity index is 904. The summed E-state index contributed by atoms with van der Waals surface area (Å²) in [5.41, 5.74) is 5.11. The zero-order chi connectivity index (χ0) is 20.2. The molecule has 0 unspecified atom stereocenters. The lowest BCUT2D eigenvalue weighted by Crippen LogP contribution is -2.99. The Morgan fingerprint density at radius 2 is 2.07 bits per heavy atom. The van der Waals surface area contributed by atoms with Crippen LogP contribution in [0.15, 0.2) is 18.2 Å². The smallest absolute Gasteiger partial charge is 0.291 e. The van der Waals surface area contributed by atoms with Crippen LogP contribution in [0.1, 0.15) is 31.7 Å². The number of hydrogen-bond donors (Lipinski definition) is 3. The number of amides is 4. The SMILES string of the molecule is CCCCN1C(=O)[C@H]2[C@@H](C1=O)[C@@]1([NH2+][C@@H]2CC(N)=O)C(=O)Nc2c(Cl)cccc21. The molecule has 1 spiro atoms. The number of quaternary nitrogens is 1. The molecule has 1 aromatic rings. The fourth-order valence-electron chi connectivity index (χ4n) is 4.97. The molecule has 2 saturated heterocycles. The predicted molar refractivity (Wildman–Crippen MR) is 99.9 cm³/mol. The third-order valence-electron chi connectivity index (χ3n) is 6.12. The molecule has 4 amide bonds. The first-order chi connectivity index (χ1) is 13.3. The first kappa shape index (κ1) is 18.9. The van der Waals surface area contributed by atoms with Gasteiger partial charge >= 0.3 is 0 Å². The Labute approximate surface area is 166 Å². The number of nitrogens with zero attached hydrogens (tertiary/aromatic N) is 1. The van der Waals surface area contributed by atoms with E-state index >= 15 is 0 Å². The van der Waals surface area contributed by atoms with Gasteiger partial charge in [0.15, 0.2) is 0 Å². The number of primary amides is 1. The van der Waals surface area contributed by atoms with Crippen molar-refractivity contribution < 1.29 is 24.5 Å². The first-order valence-corrected chi connectivity index (χ1v) is 9.80. The van der Waals surface area contributed by atoms with Gasteiger partial charge in [0, 0.05) is 12.1 Å². The summed E-state index contributed by atoms with van der Waals surface area (Å²) in [7, 11) is 0. The van der Waals surface area contributed by atoms with Crippen LogP contribution in [0.4, 0.5) is 5.69 Å². The van der Waals surface area contributed by atoms with Crippen LogP contribution in [-0.4, -0.2) is 41.1 Å². The fourth-order valence-corrected chi connectivity index (χ4v) is 5.19. The van der Waals surface area contributed by atoms with Crippen LogP contribution in [0, 0.1) is 11.8 Å². The van der Waals surface area contributed by atoms with Gasteiger partial charge in [-0.1, -0.05) is 31.0 Å². The highest BCUT2D eigenvalue weighted by molar-refractivity contribution is 6.35. The van der Waals surface area contributed by atoms with Crippen LogP contribution < -0.4 is 16.4 Å². The van der Waals surface area contributed by atoms with Gasteiger partial charge in [0.25, 0.3) is 5.91 Å². The Morgan fingerprint density at radius 1 is 1.32 bits per heavy atom.